The second-order valence-corrected chi connectivity index (χ2v) is 8.41. The van der Waals surface area contributed by atoms with E-state index in [4.69, 9.17) is 4.52 Å². The van der Waals surface area contributed by atoms with Crippen molar-refractivity contribution in [1.29, 1.82) is 0 Å². The van der Waals surface area contributed by atoms with Crippen molar-refractivity contribution in [2.24, 2.45) is 0 Å². The molecule has 1 aliphatic heterocycles. The number of hydrogen-bond acceptors (Lipinski definition) is 5. The van der Waals surface area contributed by atoms with Gasteiger partial charge in [-0.1, -0.05) is 35.5 Å². The van der Waals surface area contributed by atoms with E-state index in [1.165, 1.54) is 5.41 Å². The summed E-state index contributed by atoms with van der Waals surface area (Å²) in [7, 11) is -3.41. The Morgan fingerprint density at radius 1 is 1.12 bits per heavy atom. The summed E-state index contributed by atoms with van der Waals surface area (Å²) in [6.07, 6.45) is 2.46. The molecule has 7 heteroatoms. The lowest BCUT2D eigenvalue weighted by Gasteiger charge is -2.20. The molecule has 2 heterocycles. The molecule has 26 heavy (non-hydrogen) atoms. The molecule has 0 unspecified atom stereocenters. The van der Waals surface area contributed by atoms with Crippen LogP contribution in [0.4, 0.5) is 0 Å². The van der Waals surface area contributed by atoms with E-state index in [0.717, 1.165) is 42.1 Å². The number of sulfonamides is 1. The molecule has 0 spiro atoms. The maximum atomic E-state index is 12.6. The van der Waals surface area contributed by atoms with Crippen LogP contribution >= 0.6 is 0 Å². The molecule has 2 aromatic rings. The van der Waals surface area contributed by atoms with E-state index in [1.54, 1.807) is 10.4 Å². The molecule has 0 atom stereocenters. The van der Waals surface area contributed by atoms with Gasteiger partial charge >= 0.3 is 0 Å². The second-order valence-electron chi connectivity index (χ2n) is 6.59. The summed E-state index contributed by atoms with van der Waals surface area (Å²) in [4.78, 5) is 2.27. The fraction of sp³-hybridized carbons (Fsp3) is 0.421. The minimum Gasteiger partial charge on any atom is -0.361 e. The SMILES string of the molecule is Cc1noc(C)c1CN1CCCN(S(=O)(=O)C=Cc2ccccc2)CC1. The first kappa shape index (κ1) is 18.8. The molecule has 1 aliphatic rings. The van der Waals surface area contributed by atoms with Gasteiger partial charge in [0.15, 0.2) is 0 Å². The number of hydrogen-bond donors (Lipinski definition) is 0. The maximum absolute atomic E-state index is 12.6. The number of nitrogens with zero attached hydrogens (tertiary/aromatic N) is 3. The van der Waals surface area contributed by atoms with E-state index in [0.29, 0.717) is 19.6 Å². The monoisotopic (exact) mass is 375 g/mol. The molecular formula is C19H25N3O3S. The molecule has 1 saturated heterocycles. The van der Waals surface area contributed by atoms with E-state index in [-0.39, 0.29) is 0 Å². The summed E-state index contributed by atoms with van der Waals surface area (Å²) in [6.45, 7) is 7.19. The first-order chi connectivity index (χ1) is 12.5. The zero-order valence-electron chi connectivity index (χ0n) is 15.3. The number of aryl methyl sites for hydroxylation is 2. The molecule has 1 fully saturated rings. The van der Waals surface area contributed by atoms with Crippen LogP contribution in [0, 0.1) is 13.8 Å². The Hall–Kier alpha value is -1.96. The van der Waals surface area contributed by atoms with Crippen LogP contribution in [-0.4, -0.2) is 49.0 Å². The van der Waals surface area contributed by atoms with Gasteiger partial charge in [0.05, 0.1) is 5.69 Å². The van der Waals surface area contributed by atoms with Crippen molar-refractivity contribution < 1.29 is 12.9 Å². The highest BCUT2D eigenvalue weighted by Gasteiger charge is 2.24. The predicted molar refractivity (Wildman–Crippen MR) is 102 cm³/mol. The summed E-state index contributed by atoms with van der Waals surface area (Å²) in [5.41, 5.74) is 2.89. The summed E-state index contributed by atoms with van der Waals surface area (Å²) in [6, 6.07) is 9.48. The van der Waals surface area contributed by atoms with Gasteiger partial charge in [0.1, 0.15) is 5.76 Å². The molecule has 0 aliphatic carbocycles. The van der Waals surface area contributed by atoms with Gasteiger partial charge in [-0.2, -0.15) is 4.31 Å². The molecule has 3 rings (SSSR count). The Bertz CT molecular complexity index is 840. The largest absolute Gasteiger partial charge is 0.361 e. The predicted octanol–water partition coefficient (Wildman–Crippen LogP) is 2.80. The fourth-order valence-corrected chi connectivity index (χ4v) is 4.35. The van der Waals surface area contributed by atoms with Crippen LogP contribution < -0.4 is 0 Å². The molecular weight excluding hydrogens is 350 g/mol. The average Bonchev–Trinajstić information content (AvgIpc) is 2.83. The first-order valence-corrected chi connectivity index (χ1v) is 10.3. The van der Waals surface area contributed by atoms with E-state index >= 15 is 0 Å². The van der Waals surface area contributed by atoms with Gasteiger partial charge < -0.3 is 4.52 Å². The number of rotatable bonds is 5. The zero-order chi connectivity index (χ0) is 18.6. The third-order valence-corrected chi connectivity index (χ3v) is 6.27. The van der Waals surface area contributed by atoms with E-state index in [2.05, 4.69) is 10.1 Å². The minimum atomic E-state index is -3.41. The van der Waals surface area contributed by atoms with Crippen molar-refractivity contribution in [3.05, 3.63) is 58.3 Å². The molecule has 1 aromatic heterocycles. The minimum absolute atomic E-state index is 0.491. The highest BCUT2D eigenvalue weighted by atomic mass is 32.2. The van der Waals surface area contributed by atoms with Gasteiger partial charge in [-0.05, 0) is 38.5 Å². The van der Waals surface area contributed by atoms with E-state index < -0.39 is 10.0 Å². The maximum Gasteiger partial charge on any atom is 0.236 e. The van der Waals surface area contributed by atoms with Crippen molar-refractivity contribution in [3.8, 4) is 0 Å². The average molecular weight is 375 g/mol. The van der Waals surface area contributed by atoms with E-state index in [1.807, 2.05) is 44.2 Å². The van der Waals surface area contributed by atoms with Crippen LogP contribution in [0.2, 0.25) is 0 Å². The normalized spacial score (nSPS) is 17.6. The quantitative estimate of drug-likeness (QED) is 0.804. The summed E-state index contributed by atoms with van der Waals surface area (Å²) in [5, 5.41) is 5.31. The van der Waals surface area contributed by atoms with Crippen molar-refractivity contribution >= 4 is 16.1 Å². The zero-order valence-corrected chi connectivity index (χ0v) is 16.1. The first-order valence-electron chi connectivity index (χ1n) is 8.83. The molecule has 140 valence electrons. The van der Waals surface area contributed by atoms with Crippen LogP contribution in [0.3, 0.4) is 0 Å². The van der Waals surface area contributed by atoms with Crippen LogP contribution in [0.1, 0.15) is 29.0 Å². The second kappa shape index (κ2) is 8.16. The molecule has 0 bridgehead atoms. The van der Waals surface area contributed by atoms with E-state index in [9.17, 15) is 8.42 Å². The Kier molecular flexibility index (Phi) is 5.90. The third kappa shape index (κ3) is 4.60. The van der Waals surface area contributed by atoms with Crippen LogP contribution in [0.15, 0.2) is 40.3 Å². The van der Waals surface area contributed by atoms with Crippen molar-refractivity contribution in [3.63, 3.8) is 0 Å². The summed E-state index contributed by atoms with van der Waals surface area (Å²) < 4.78 is 32.1. The standard InChI is InChI=1S/C19H25N3O3S/c1-16-19(17(2)25-20-16)15-21-10-6-11-22(13-12-21)26(23,24)14-9-18-7-4-3-5-8-18/h3-5,7-9,14H,6,10-13,15H2,1-2H3. The Labute approximate surface area is 155 Å². The molecule has 0 N–H and O–H groups in total. The van der Waals surface area contributed by atoms with Crippen molar-refractivity contribution in [2.45, 2.75) is 26.8 Å². The topological polar surface area (TPSA) is 66.7 Å². The third-order valence-electron chi connectivity index (χ3n) is 4.70. The Balaban J connectivity index is 1.63. The molecule has 0 radical (unpaired) electrons. The lowest BCUT2D eigenvalue weighted by atomic mass is 10.2. The molecule has 6 nitrogen and oxygen atoms in total. The fourth-order valence-electron chi connectivity index (χ4n) is 3.13. The molecule has 0 saturated carbocycles. The Morgan fingerprint density at radius 2 is 1.88 bits per heavy atom. The van der Waals surface area contributed by atoms with Crippen LogP contribution in [0.25, 0.3) is 6.08 Å². The van der Waals surface area contributed by atoms with Crippen molar-refractivity contribution in [2.75, 3.05) is 26.2 Å². The number of benzene rings is 1. The van der Waals surface area contributed by atoms with Gasteiger partial charge in [-0.15, -0.1) is 0 Å². The highest BCUT2D eigenvalue weighted by Crippen LogP contribution is 2.17. The summed E-state index contributed by atoms with van der Waals surface area (Å²) in [5.74, 6) is 0.835. The smallest absolute Gasteiger partial charge is 0.236 e. The lowest BCUT2D eigenvalue weighted by molar-refractivity contribution is 0.276. The molecule has 1 aromatic carbocycles. The van der Waals surface area contributed by atoms with Gasteiger partial charge in [0, 0.05) is 37.2 Å². The van der Waals surface area contributed by atoms with Crippen molar-refractivity contribution in [1.82, 2.24) is 14.4 Å². The summed E-state index contributed by atoms with van der Waals surface area (Å²) >= 11 is 0. The van der Waals surface area contributed by atoms with Crippen LogP contribution in [-0.2, 0) is 16.6 Å². The van der Waals surface area contributed by atoms with Gasteiger partial charge in [0.2, 0.25) is 10.0 Å². The molecule has 0 amide bonds. The van der Waals surface area contributed by atoms with Crippen LogP contribution in [0.5, 0.6) is 0 Å². The highest BCUT2D eigenvalue weighted by molar-refractivity contribution is 7.92. The van der Waals surface area contributed by atoms with Gasteiger partial charge in [-0.25, -0.2) is 8.42 Å². The van der Waals surface area contributed by atoms with Gasteiger partial charge in [-0.3, -0.25) is 4.90 Å². The number of aromatic nitrogens is 1. The Morgan fingerprint density at radius 3 is 2.58 bits per heavy atom. The lowest BCUT2D eigenvalue weighted by Crippen LogP contribution is -2.34. The van der Waals surface area contributed by atoms with Gasteiger partial charge in [0.25, 0.3) is 0 Å².